The molecule has 0 saturated carbocycles. The molecule has 230 valence electrons. The van der Waals surface area contributed by atoms with Crippen LogP contribution in [0.5, 0.6) is 17.4 Å². The second-order valence-electron chi connectivity index (χ2n) is 11.2. The Kier molecular flexibility index (Phi) is 8.42. The van der Waals surface area contributed by atoms with E-state index >= 15 is 0 Å². The first-order valence-corrected chi connectivity index (χ1v) is 15.8. The SMILES string of the molecule is CCOC(=O)CC(c1cc(CN2Cc3nc(O)ccc3O[C@H](CC)C2)c2sccc2c1)c1cc(OC)c2c(nnn2C)c1C. The van der Waals surface area contributed by atoms with Crippen molar-refractivity contribution in [3.63, 3.8) is 0 Å². The van der Waals surface area contributed by atoms with Gasteiger partial charge in [-0.15, -0.1) is 16.4 Å². The predicted molar refractivity (Wildman–Crippen MR) is 169 cm³/mol. The van der Waals surface area contributed by atoms with Gasteiger partial charge in [0.05, 0.1) is 20.1 Å². The van der Waals surface area contributed by atoms with Crippen molar-refractivity contribution in [2.24, 2.45) is 7.05 Å². The number of aromatic hydroxyl groups is 1. The first-order valence-electron chi connectivity index (χ1n) is 14.9. The molecule has 0 radical (unpaired) electrons. The predicted octanol–water partition coefficient (Wildman–Crippen LogP) is 5.86. The molecular weight excluding hydrogens is 578 g/mol. The summed E-state index contributed by atoms with van der Waals surface area (Å²) in [6.45, 7) is 8.19. The first kappa shape index (κ1) is 29.8. The van der Waals surface area contributed by atoms with E-state index in [2.05, 4.69) is 50.7 Å². The number of aromatic nitrogens is 4. The van der Waals surface area contributed by atoms with Crippen molar-refractivity contribution in [1.82, 2.24) is 24.9 Å². The second-order valence-corrected chi connectivity index (χ2v) is 12.1. The molecule has 10 nitrogen and oxygen atoms in total. The van der Waals surface area contributed by atoms with Crippen LogP contribution in [-0.4, -0.2) is 62.3 Å². The summed E-state index contributed by atoms with van der Waals surface area (Å²) in [4.78, 5) is 19.8. The van der Waals surface area contributed by atoms with Crippen LogP contribution in [0.1, 0.15) is 60.6 Å². The number of hydrogen-bond donors (Lipinski definition) is 1. The van der Waals surface area contributed by atoms with Crippen LogP contribution in [-0.2, 0) is 29.7 Å². The Morgan fingerprint density at radius 1 is 1.23 bits per heavy atom. The molecule has 2 atom stereocenters. The molecule has 44 heavy (non-hydrogen) atoms. The Balaban J connectivity index is 1.45. The minimum atomic E-state index is -0.299. The summed E-state index contributed by atoms with van der Waals surface area (Å²) < 4.78 is 20.4. The number of nitrogens with zero attached hydrogens (tertiary/aromatic N) is 5. The highest BCUT2D eigenvalue weighted by atomic mass is 32.1. The van der Waals surface area contributed by atoms with E-state index in [-0.39, 0.29) is 30.3 Å². The number of benzene rings is 2. The van der Waals surface area contributed by atoms with Crippen molar-refractivity contribution in [3.8, 4) is 17.4 Å². The average Bonchev–Trinajstić information content (AvgIpc) is 3.60. The summed E-state index contributed by atoms with van der Waals surface area (Å²) in [6.07, 6.45) is 1.01. The third-order valence-electron chi connectivity index (χ3n) is 8.36. The van der Waals surface area contributed by atoms with Crippen molar-refractivity contribution in [2.45, 2.75) is 58.7 Å². The molecule has 1 N–H and O–H groups in total. The zero-order chi connectivity index (χ0) is 31.0. The molecule has 1 unspecified atom stereocenters. The molecule has 0 aliphatic carbocycles. The van der Waals surface area contributed by atoms with E-state index in [1.807, 2.05) is 27.0 Å². The molecule has 11 heteroatoms. The minimum absolute atomic E-state index is 0.00464. The van der Waals surface area contributed by atoms with Gasteiger partial charge in [-0.1, -0.05) is 18.2 Å². The third kappa shape index (κ3) is 5.69. The fourth-order valence-electron chi connectivity index (χ4n) is 6.20. The van der Waals surface area contributed by atoms with Gasteiger partial charge in [-0.3, -0.25) is 9.69 Å². The van der Waals surface area contributed by atoms with E-state index in [0.29, 0.717) is 31.2 Å². The van der Waals surface area contributed by atoms with Crippen molar-refractivity contribution in [2.75, 3.05) is 20.3 Å². The average molecular weight is 616 g/mol. The van der Waals surface area contributed by atoms with Crippen molar-refractivity contribution in [1.29, 1.82) is 0 Å². The van der Waals surface area contributed by atoms with Crippen LogP contribution < -0.4 is 9.47 Å². The van der Waals surface area contributed by atoms with E-state index < -0.39 is 0 Å². The maximum absolute atomic E-state index is 13.1. The van der Waals surface area contributed by atoms with E-state index in [0.717, 1.165) is 57.3 Å². The molecule has 0 fully saturated rings. The monoisotopic (exact) mass is 615 g/mol. The van der Waals surface area contributed by atoms with E-state index in [1.54, 1.807) is 35.3 Å². The zero-order valence-corrected chi connectivity index (χ0v) is 26.5. The summed E-state index contributed by atoms with van der Waals surface area (Å²) in [7, 11) is 3.48. The Hall–Kier alpha value is -4.22. The number of carbonyl (C=O) groups excluding carboxylic acids is 1. The van der Waals surface area contributed by atoms with Gasteiger partial charge >= 0.3 is 5.97 Å². The first-order chi connectivity index (χ1) is 21.3. The molecule has 5 aromatic rings. The molecule has 0 bridgehead atoms. The highest BCUT2D eigenvalue weighted by Gasteiger charge is 2.28. The van der Waals surface area contributed by atoms with Crippen LogP contribution in [0, 0.1) is 6.92 Å². The normalized spacial score (nSPS) is 16.0. The van der Waals surface area contributed by atoms with E-state index in [4.69, 9.17) is 14.2 Å². The summed E-state index contributed by atoms with van der Waals surface area (Å²) in [5, 5.41) is 22.0. The number of pyridine rings is 1. The topological polar surface area (TPSA) is 112 Å². The number of esters is 1. The lowest BCUT2D eigenvalue weighted by Crippen LogP contribution is -2.32. The Labute approximate surface area is 260 Å². The van der Waals surface area contributed by atoms with Crippen molar-refractivity contribution < 1.29 is 24.1 Å². The lowest BCUT2D eigenvalue weighted by atomic mass is 9.84. The van der Waals surface area contributed by atoms with Crippen LogP contribution in [0.4, 0.5) is 0 Å². The molecule has 2 aromatic carbocycles. The zero-order valence-electron chi connectivity index (χ0n) is 25.7. The molecule has 0 spiro atoms. The third-order valence-corrected chi connectivity index (χ3v) is 9.36. The van der Waals surface area contributed by atoms with Gasteiger partial charge in [-0.05, 0) is 77.6 Å². The number of hydrogen-bond acceptors (Lipinski definition) is 10. The summed E-state index contributed by atoms with van der Waals surface area (Å²) >= 11 is 1.71. The number of ether oxygens (including phenoxy) is 3. The lowest BCUT2D eigenvalue weighted by Gasteiger charge is -2.25. The van der Waals surface area contributed by atoms with Crippen molar-refractivity contribution in [3.05, 3.63) is 69.7 Å². The van der Waals surface area contributed by atoms with Crippen LogP contribution in [0.3, 0.4) is 0 Å². The molecule has 4 heterocycles. The van der Waals surface area contributed by atoms with E-state index in [1.165, 1.54) is 4.70 Å². The highest BCUT2D eigenvalue weighted by Crippen LogP contribution is 2.40. The number of fused-ring (bicyclic) bond motifs is 3. The van der Waals surface area contributed by atoms with Crippen LogP contribution >= 0.6 is 11.3 Å². The number of thiophene rings is 1. The summed E-state index contributed by atoms with van der Waals surface area (Å²) in [5.41, 5.74) is 6.36. The van der Waals surface area contributed by atoms with Gasteiger partial charge in [0.15, 0.2) is 0 Å². The quantitative estimate of drug-likeness (QED) is 0.204. The Morgan fingerprint density at radius 2 is 2.07 bits per heavy atom. The largest absolute Gasteiger partial charge is 0.494 e. The van der Waals surface area contributed by atoms with Crippen LogP contribution in [0.25, 0.3) is 21.1 Å². The fourth-order valence-corrected chi connectivity index (χ4v) is 7.09. The second kappa shape index (κ2) is 12.4. The Morgan fingerprint density at radius 3 is 2.84 bits per heavy atom. The molecule has 0 amide bonds. The van der Waals surface area contributed by atoms with Gasteiger partial charge in [-0.2, -0.15) is 0 Å². The van der Waals surface area contributed by atoms with Gasteiger partial charge in [0.2, 0.25) is 5.88 Å². The van der Waals surface area contributed by atoms with Crippen LogP contribution in [0.2, 0.25) is 0 Å². The lowest BCUT2D eigenvalue weighted by molar-refractivity contribution is -0.143. The molecule has 0 saturated heterocycles. The maximum Gasteiger partial charge on any atom is 0.306 e. The molecule has 6 rings (SSSR count). The smallest absolute Gasteiger partial charge is 0.306 e. The molecular formula is C33H37N5O5S. The van der Waals surface area contributed by atoms with Gasteiger partial charge in [0.1, 0.15) is 34.3 Å². The summed E-state index contributed by atoms with van der Waals surface area (Å²) in [5.74, 6) is 0.791. The molecule has 3 aromatic heterocycles. The molecule has 1 aliphatic heterocycles. The van der Waals surface area contributed by atoms with Crippen molar-refractivity contribution >= 4 is 38.4 Å². The van der Waals surface area contributed by atoms with Gasteiger partial charge in [-0.25, -0.2) is 9.67 Å². The maximum atomic E-state index is 13.1. The van der Waals surface area contributed by atoms with E-state index in [9.17, 15) is 9.90 Å². The van der Waals surface area contributed by atoms with Gasteiger partial charge in [0.25, 0.3) is 0 Å². The van der Waals surface area contributed by atoms with Crippen LogP contribution in [0.15, 0.2) is 41.8 Å². The van der Waals surface area contributed by atoms with Gasteiger partial charge in [0, 0.05) is 43.4 Å². The minimum Gasteiger partial charge on any atom is -0.494 e. The summed E-state index contributed by atoms with van der Waals surface area (Å²) in [6, 6.07) is 11.9. The fraction of sp³-hybridized carbons (Fsp3) is 0.394. The number of carbonyl (C=O) groups is 1. The van der Waals surface area contributed by atoms with Gasteiger partial charge < -0.3 is 19.3 Å². The highest BCUT2D eigenvalue weighted by molar-refractivity contribution is 7.17. The number of rotatable bonds is 9. The Bertz CT molecular complexity index is 1830. The number of aryl methyl sites for hydroxylation is 2. The number of methoxy groups -OCH3 is 1. The molecule has 1 aliphatic rings. The standard InChI is InChI=1S/C33H37N5O5S/c1-6-23-17-38(18-26-27(43-23)8-9-29(39)34-26)16-22-13-21(12-20-10-11-44-33(20)22)25(15-30(40)42-7-2)24-14-28(41-5)32-31(19(24)3)35-36-37(32)4/h8-14,23,25H,6-7,15-18H2,1-5H3,(H,34,39)/t23-,25?/m1/s1.